The normalized spacial score (nSPS) is 14.7. The fourth-order valence-corrected chi connectivity index (χ4v) is 4.13. The van der Waals surface area contributed by atoms with Gasteiger partial charge in [0, 0.05) is 37.4 Å². The molecule has 3 heterocycles. The molecule has 0 unspecified atom stereocenters. The number of halogens is 1. The lowest BCUT2D eigenvalue weighted by atomic mass is 10.1. The first-order chi connectivity index (χ1) is 15.0. The van der Waals surface area contributed by atoms with E-state index in [2.05, 4.69) is 37.9 Å². The molecule has 0 spiro atoms. The van der Waals surface area contributed by atoms with E-state index in [1.807, 2.05) is 42.2 Å². The Morgan fingerprint density at radius 3 is 2.66 bits per heavy atom. The fraction of sp³-hybridized carbons (Fsp3) is 0.435. The fourth-order valence-electron chi connectivity index (χ4n) is 4.13. The maximum absolute atomic E-state index is 13.1. The zero-order valence-corrected chi connectivity index (χ0v) is 19.7. The van der Waals surface area contributed by atoms with Crippen LogP contribution in [0.4, 0.5) is 0 Å². The first-order valence-corrected chi connectivity index (χ1v) is 10.8. The molecule has 1 fully saturated rings. The lowest BCUT2D eigenvalue weighted by Crippen LogP contribution is -2.36. The molecule has 9 heteroatoms. The highest BCUT2D eigenvalue weighted by Crippen LogP contribution is 2.28. The third-order valence-electron chi connectivity index (χ3n) is 5.80. The van der Waals surface area contributed by atoms with E-state index in [-0.39, 0.29) is 18.3 Å². The molecule has 0 aliphatic carbocycles. The van der Waals surface area contributed by atoms with Gasteiger partial charge >= 0.3 is 0 Å². The van der Waals surface area contributed by atoms with Crippen molar-refractivity contribution in [3.05, 3.63) is 53.5 Å². The van der Waals surface area contributed by atoms with Crippen molar-refractivity contribution < 1.29 is 9.53 Å². The third-order valence-corrected chi connectivity index (χ3v) is 5.80. The molecule has 3 aromatic rings. The quantitative estimate of drug-likeness (QED) is 0.613. The number of ether oxygens (including phenoxy) is 1. The number of H-pyrrole nitrogens is 1. The predicted molar refractivity (Wildman–Crippen MR) is 126 cm³/mol. The van der Waals surface area contributed by atoms with Crippen LogP contribution in [0.2, 0.25) is 0 Å². The van der Waals surface area contributed by atoms with Gasteiger partial charge in [-0.1, -0.05) is 12.1 Å². The molecular weight excluding hydrogens is 428 g/mol. The summed E-state index contributed by atoms with van der Waals surface area (Å²) in [4.78, 5) is 17.4. The molecule has 0 bridgehead atoms. The molecule has 4 rings (SSSR count). The lowest BCUT2D eigenvalue weighted by molar-refractivity contribution is 0.0755. The number of aryl methyl sites for hydroxylation is 2. The standard InChI is InChI=1S/C23H30N6O2.ClH/c1-17-15-18(2)29(26-17)14-12-27-9-6-10-28(13-11-27)23(30)21-16-20(24-25-21)19-7-4-5-8-22(19)31-3;/h4-5,7-8,15-16H,6,9-14H2,1-3H3,(H,24,25);1H. The van der Waals surface area contributed by atoms with Gasteiger partial charge in [0.05, 0.1) is 25.0 Å². The Balaban J connectivity index is 0.00000289. The number of aromatic nitrogens is 4. The SMILES string of the molecule is COc1ccccc1-c1cc(C(=O)N2CCCN(CCn3nc(C)cc3C)CC2)[nH]n1.Cl. The first kappa shape index (κ1) is 23.8. The van der Waals surface area contributed by atoms with Gasteiger partial charge in [-0.2, -0.15) is 10.2 Å². The number of hydrogen-bond acceptors (Lipinski definition) is 5. The highest BCUT2D eigenvalue weighted by atomic mass is 35.5. The molecule has 8 nitrogen and oxygen atoms in total. The monoisotopic (exact) mass is 458 g/mol. The molecule has 0 radical (unpaired) electrons. The smallest absolute Gasteiger partial charge is 0.271 e. The van der Waals surface area contributed by atoms with Crippen molar-refractivity contribution in [1.82, 2.24) is 29.8 Å². The molecule has 1 aliphatic heterocycles. The van der Waals surface area contributed by atoms with Crippen LogP contribution in [0.5, 0.6) is 5.75 Å². The van der Waals surface area contributed by atoms with E-state index < -0.39 is 0 Å². The molecule has 0 saturated carbocycles. The van der Waals surface area contributed by atoms with Gasteiger partial charge in [0.2, 0.25) is 0 Å². The number of rotatable bonds is 6. The number of carbonyl (C=O) groups excluding carboxylic acids is 1. The van der Waals surface area contributed by atoms with Crippen LogP contribution in [0.1, 0.15) is 28.3 Å². The maximum Gasteiger partial charge on any atom is 0.271 e. The van der Waals surface area contributed by atoms with E-state index in [1.165, 1.54) is 5.69 Å². The van der Waals surface area contributed by atoms with E-state index >= 15 is 0 Å². The minimum Gasteiger partial charge on any atom is -0.496 e. The predicted octanol–water partition coefficient (Wildman–Crippen LogP) is 3.17. The van der Waals surface area contributed by atoms with E-state index in [0.29, 0.717) is 17.9 Å². The molecule has 2 aromatic heterocycles. The Kier molecular flexibility index (Phi) is 7.93. The topological polar surface area (TPSA) is 79.3 Å². The molecule has 1 aromatic carbocycles. The summed E-state index contributed by atoms with van der Waals surface area (Å²) in [5.74, 6) is 0.732. The van der Waals surface area contributed by atoms with Crippen molar-refractivity contribution in [2.24, 2.45) is 0 Å². The second-order valence-corrected chi connectivity index (χ2v) is 8.00. The van der Waals surface area contributed by atoms with Crippen molar-refractivity contribution in [2.75, 3.05) is 39.8 Å². The van der Waals surface area contributed by atoms with Crippen LogP contribution in [-0.2, 0) is 6.54 Å². The average molecular weight is 459 g/mol. The van der Waals surface area contributed by atoms with E-state index in [4.69, 9.17) is 4.74 Å². The van der Waals surface area contributed by atoms with Crippen LogP contribution in [0, 0.1) is 13.8 Å². The number of aromatic amines is 1. The molecule has 0 atom stereocenters. The van der Waals surface area contributed by atoms with E-state index in [0.717, 1.165) is 56.2 Å². The highest BCUT2D eigenvalue weighted by molar-refractivity contribution is 5.93. The Morgan fingerprint density at radius 2 is 1.91 bits per heavy atom. The van der Waals surface area contributed by atoms with Crippen molar-refractivity contribution >= 4 is 18.3 Å². The lowest BCUT2D eigenvalue weighted by Gasteiger charge is -2.21. The summed E-state index contributed by atoms with van der Waals surface area (Å²) in [5.41, 5.74) is 4.33. The number of nitrogens with one attached hydrogen (secondary N) is 1. The number of benzene rings is 1. The van der Waals surface area contributed by atoms with Crippen LogP contribution < -0.4 is 4.74 Å². The van der Waals surface area contributed by atoms with Crippen LogP contribution in [0.15, 0.2) is 36.4 Å². The summed E-state index contributed by atoms with van der Waals surface area (Å²) in [7, 11) is 1.63. The number of nitrogens with zero attached hydrogens (tertiary/aromatic N) is 5. The van der Waals surface area contributed by atoms with Crippen LogP contribution >= 0.6 is 12.4 Å². The van der Waals surface area contributed by atoms with Gasteiger partial charge in [-0.15, -0.1) is 12.4 Å². The summed E-state index contributed by atoms with van der Waals surface area (Å²) in [6.07, 6.45) is 0.955. The van der Waals surface area contributed by atoms with Crippen molar-refractivity contribution in [1.29, 1.82) is 0 Å². The Hall–Kier alpha value is -2.84. The number of hydrogen-bond donors (Lipinski definition) is 1. The molecule has 1 amide bonds. The summed E-state index contributed by atoms with van der Waals surface area (Å²) >= 11 is 0. The zero-order valence-electron chi connectivity index (χ0n) is 18.9. The summed E-state index contributed by atoms with van der Waals surface area (Å²) in [6.45, 7) is 9.22. The first-order valence-electron chi connectivity index (χ1n) is 10.8. The number of methoxy groups -OCH3 is 1. The number of carbonyl (C=O) groups is 1. The van der Waals surface area contributed by atoms with Gasteiger partial charge in [-0.3, -0.25) is 19.5 Å². The second kappa shape index (κ2) is 10.7. The summed E-state index contributed by atoms with van der Waals surface area (Å²) < 4.78 is 7.48. The molecule has 172 valence electrons. The van der Waals surface area contributed by atoms with Gasteiger partial charge in [-0.25, -0.2) is 0 Å². The third kappa shape index (κ3) is 5.31. The Morgan fingerprint density at radius 1 is 1.09 bits per heavy atom. The van der Waals surface area contributed by atoms with Crippen molar-refractivity contribution in [2.45, 2.75) is 26.8 Å². The highest BCUT2D eigenvalue weighted by Gasteiger charge is 2.22. The average Bonchev–Trinajstić information content (AvgIpc) is 3.31. The van der Waals surface area contributed by atoms with Crippen molar-refractivity contribution in [3.8, 4) is 17.0 Å². The second-order valence-electron chi connectivity index (χ2n) is 8.00. The maximum atomic E-state index is 13.1. The molecular formula is C23H31ClN6O2. The van der Waals surface area contributed by atoms with Gasteiger partial charge < -0.3 is 9.64 Å². The molecule has 1 saturated heterocycles. The minimum absolute atomic E-state index is 0. The molecule has 1 aliphatic rings. The zero-order chi connectivity index (χ0) is 21.8. The molecule has 1 N–H and O–H groups in total. The van der Waals surface area contributed by atoms with Gasteiger partial charge in [0.1, 0.15) is 11.4 Å². The number of amides is 1. The summed E-state index contributed by atoms with van der Waals surface area (Å²) in [6, 6.07) is 11.6. The van der Waals surface area contributed by atoms with Gasteiger partial charge in [0.15, 0.2) is 0 Å². The minimum atomic E-state index is -0.00552. The van der Waals surface area contributed by atoms with Crippen LogP contribution in [-0.4, -0.2) is 75.5 Å². The largest absolute Gasteiger partial charge is 0.496 e. The van der Waals surface area contributed by atoms with Crippen LogP contribution in [0.25, 0.3) is 11.3 Å². The van der Waals surface area contributed by atoms with E-state index in [1.54, 1.807) is 7.11 Å². The summed E-state index contributed by atoms with van der Waals surface area (Å²) in [5, 5.41) is 11.8. The van der Waals surface area contributed by atoms with E-state index in [9.17, 15) is 4.79 Å². The van der Waals surface area contributed by atoms with Gasteiger partial charge in [0.25, 0.3) is 5.91 Å². The Labute approximate surface area is 195 Å². The number of para-hydroxylation sites is 1. The van der Waals surface area contributed by atoms with Crippen LogP contribution in [0.3, 0.4) is 0 Å². The Bertz CT molecular complexity index is 1050. The van der Waals surface area contributed by atoms with Crippen molar-refractivity contribution in [3.63, 3.8) is 0 Å². The molecule has 32 heavy (non-hydrogen) atoms. The van der Waals surface area contributed by atoms with Gasteiger partial charge in [-0.05, 0) is 51.1 Å².